The van der Waals surface area contributed by atoms with Gasteiger partial charge in [-0.3, -0.25) is 4.99 Å². The number of hydrogen-bond acceptors (Lipinski definition) is 5. The van der Waals surface area contributed by atoms with Gasteiger partial charge in [0.15, 0.2) is 0 Å². The van der Waals surface area contributed by atoms with Crippen molar-refractivity contribution in [3.05, 3.63) is 68.3 Å². The Bertz CT molecular complexity index is 1250. The number of aryl methyl sites for hydroxylation is 3. The highest BCUT2D eigenvalue weighted by atomic mass is 32.1. The van der Waals surface area contributed by atoms with Crippen molar-refractivity contribution in [2.24, 2.45) is 4.99 Å². The van der Waals surface area contributed by atoms with E-state index in [2.05, 4.69) is 4.99 Å². The number of carboxylic acid groups (broad SMARTS) is 1. The summed E-state index contributed by atoms with van der Waals surface area (Å²) in [7, 11) is 1.35. The Morgan fingerprint density at radius 2 is 1.91 bits per heavy atom. The summed E-state index contributed by atoms with van der Waals surface area (Å²) in [6.45, 7) is 5.90. The third-order valence-corrected chi connectivity index (χ3v) is 7.29. The minimum Gasteiger partial charge on any atom is -0.478 e. The van der Waals surface area contributed by atoms with Crippen LogP contribution in [-0.4, -0.2) is 34.9 Å². The van der Waals surface area contributed by atoms with E-state index in [1.807, 2.05) is 37.5 Å². The molecular formula is C25H26N2O4S. The Morgan fingerprint density at radius 1 is 1.16 bits per heavy atom. The second-order valence-electron chi connectivity index (χ2n) is 8.11. The van der Waals surface area contributed by atoms with Gasteiger partial charge in [-0.1, -0.05) is 6.07 Å². The van der Waals surface area contributed by atoms with E-state index >= 15 is 0 Å². The van der Waals surface area contributed by atoms with Crippen molar-refractivity contribution in [2.75, 3.05) is 7.11 Å². The predicted octanol–water partition coefficient (Wildman–Crippen LogP) is 5.58. The van der Waals surface area contributed by atoms with Crippen LogP contribution in [0.25, 0.3) is 5.00 Å². The van der Waals surface area contributed by atoms with E-state index in [9.17, 15) is 14.7 Å². The number of aliphatic imine (C=N–C) groups is 1. The number of fused-ring (bicyclic) bond motifs is 1. The number of aromatic nitrogens is 1. The number of thiophene rings is 1. The molecule has 0 spiro atoms. The third-order valence-electron chi connectivity index (χ3n) is 6.01. The van der Waals surface area contributed by atoms with Crippen molar-refractivity contribution in [3.8, 4) is 5.00 Å². The van der Waals surface area contributed by atoms with E-state index in [0.29, 0.717) is 16.8 Å². The molecule has 3 aromatic rings. The quantitative estimate of drug-likeness (QED) is 0.406. The molecule has 1 N–H and O–H groups in total. The molecule has 0 fully saturated rings. The molecule has 0 amide bonds. The van der Waals surface area contributed by atoms with Gasteiger partial charge in [-0.15, -0.1) is 11.3 Å². The van der Waals surface area contributed by atoms with Crippen molar-refractivity contribution in [2.45, 2.75) is 46.5 Å². The Hall–Kier alpha value is -3.19. The number of nitrogens with zero attached hydrogens (tertiary/aromatic N) is 2. The first-order valence-electron chi connectivity index (χ1n) is 10.6. The third kappa shape index (κ3) is 3.88. The summed E-state index contributed by atoms with van der Waals surface area (Å²) >= 11 is 1.60. The lowest BCUT2D eigenvalue weighted by molar-refractivity contribution is 0.0599. The number of hydrogen-bond donors (Lipinski definition) is 1. The molecule has 2 heterocycles. The summed E-state index contributed by atoms with van der Waals surface area (Å²) in [6.07, 6.45) is 5.70. The molecule has 0 atom stereocenters. The Morgan fingerprint density at radius 3 is 2.62 bits per heavy atom. The van der Waals surface area contributed by atoms with Crippen LogP contribution in [0, 0.1) is 20.8 Å². The van der Waals surface area contributed by atoms with Crippen LogP contribution in [0.15, 0.2) is 29.3 Å². The molecule has 6 nitrogen and oxygen atoms in total. The number of carbonyl (C=O) groups excluding carboxylic acids is 1. The minimum absolute atomic E-state index is 0.400. The molecule has 0 radical (unpaired) electrons. The van der Waals surface area contributed by atoms with Crippen molar-refractivity contribution >= 4 is 35.2 Å². The first-order chi connectivity index (χ1) is 15.3. The highest BCUT2D eigenvalue weighted by molar-refractivity contribution is 7.15. The van der Waals surface area contributed by atoms with Gasteiger partial charge in [0.2, 0.25) is 0 Å². The van der Waals surface area contributed by atoms with Crippen molar-refractivity contribution in [3.63, 3.8) is 0 Å². The smallest absolute Gasteiger partial charge is 0.339 e. The van der Waals surface area contributed by atoms with E-state index in [1.165, 1.54) is 12.0 Å². The zero-order chi connectivity index (χ0) is 23.0. The van der Waals surface area contributed by atoms with Gasteiger partial charge in [-0.2, -0.15) is 0 Å². The zero-order valence-corrected chi connectivity index (χ0v) is 19.5. The molecule has 4 rings (SSSR count). The van der Waals surface area contributed by atoms with Gasteiger partial charge in [0, 0.05) is 28.0 Å². The van der Waals surface area contributed by atoms with Crippen LogP contribution in [0.4, 0.5) is 5.69 Å². The van der Waals surface area contributed by atoms with E-state index in [-0.39, 0.29) is 0 Å². The van der Waals surface area contributed by atoms with Gasteiger partial charge < -0.3 is 14.4 Å². The molecule has 0 bridgehead atoms. The Kier molecular flexibility index (Phi) is 6.02. The molecular weight excluding hydrogens is 424 g/mol. The fourth-order valence-corrected chi connectivity index (χ4v) is 5.78. The van der Waals surface area contributed by atoms with Gasteiger partial charge in [0.1, 0.15) is 5.00 Å². The molecule has 1 aliphatic rings. The normalized spacial score (nSPS) is 13.4. The Labute approximate surface area is 191 Å². The number of ether oxygens (including phenoxy) is 1. The predicted molar refractivity (Wildman–Crippen MR) is 126 cm³/mol. The summed E-state index contributed by atoms with van der Waals surface area (Å²) in [6, 6.07) is 7.30. The second-order valence-corrected chi connectivity index (χ2v) is 9.19. The van der Waals surface area contributed by atoms with Crippen LogP contribution >= 0.6 is 11.3 Å². The van der Waals surface area contributed by atoms with Crippen LogP contribution in [-0.2, 0) is 17.6 Å². The lowest BCUT2D eigenvalue weighted by Crippen LogP contribution is -2.09. The minimum atomic E-state index is -0.864. The first kappa shape index (κ1) is 22.0. The molecule has 32 heavy (non-hydrogen) atoms. The molecule has 166 valence electrons. The van der Waals surface area contributed by atoms with Crippen LogP contribution < -0.4 is 0 Å². The molecule has 0 unspecified atom stereocenters. The number of benzene rings is 1. The van der Waals surface area contributed by atoms with E-state index in [4.69, 9.17) is 4.74 Å². The SMILES string of the molecule is COC(=O)c1ccc(C)c(N=Cc2cc(C)n(-c3sc4c(c3C(=O)O)CCCC4)c2C)c1. The summed E-state index contributed by atoms with van der Waals surface area (Å²) in [5.74, 6) is -1.26. The number of carbonyl (C=O) groups is 2. The van der Waals surface area contributed by atoms with Gasteiger partial charge in [-0.05, 0) is 75.8 Å². The maximum absolute atomic E-state index is 12.1. The molecule has 1 aliphatic carbocycles. The molecule has 1 aromatic carbocycles. The summed E-state index contributed by atoms with van der Waals surface area (Å²) in [5, 5.41) is 10.7. The standard InChI is InChI=1S/C25H26N2O4S/c1-14-9-10-17(25(30)31-4)12-20(14)26-13-18-11-15(2)27(16(18)3)23-22(24(28)29)19-7-5-6-8-21(19)32-23/h9-13H,5-8H2,1-4H3,(H,28,29). The second kappa shape index (κ2) is 8.74. The molecule has 0 saturated carbocycles. The molecule has 2 aromatic heterocycles. The average molecular weight is 451 g/mol. The number of carboxylic acids is 1. The zero-order valence-electron chi connectivity index (χ0n) is 18.7. The van der Waals surface area contributed by atoms with Crippen LogP contribution in [0.1, 0.15) is 66.5 Å². The van der Waals surface area contributed by atoms with E-state index in [0.717, 1.165) is 58.8 Å². The lowest BCUT2D eigenvalue weighted by atomic mass is 9.95. The fraction of sp³-hybridized carbons (Fsp3) is 0.320. The van der Waals surface area contributed by atoms with E-state index < -0.39 is 11.9 Å². The summed E-state index contributed by atoms with van der Waals surface area (Å²) in [5.41, 5.74) is 6.34. The van der Waals surface area contributed by atoms with Gasteiger partial charge in [-0.25, -0.2) is 9.59 Å². The number of rotatable bonds is 5. The van der Waals surface area contributed by atoms with Gasteiger partial charge >= 0.3 is 11.9 Å². The number of aromatic carboxylic acids is 1. The van der Waals surface area contributed by atoms with Crippen LogP contribution in [0.5, 0.6) is 0 Å². The van der Waals surface area contributed by atoms with Gasteiger partial charge in [0.05, 0.1) is 23.9 Å². The fourth-order valence-electron chi connectivity index (χ4n) is 4.29. The summed E-state index contributed by atoms with van der Waals surface area (Å²) in [4.78, 5) is 29.8. The lowest BCUT2D eigenvalue weighted by Gasteiger charge is -2.11. The molecule has 0 saturated heterocycles. The first-order valence-corrected chi connectivity index (χ1v) is 11.4. The van der Waals surface area contributed by atoms with Crippen molar-refractivity contribution in [1.29, 1.82) is 0 Å². The van der Waals surface area contributed by atoms with Crippen molar-refractivity contribution in [1.82, 2.24) is 4.57 Å². The number of methoxy groups -OCH3 is 1. The highest BCUT2D eigenvalue weighted by Gasteiger charge is 2.27. The maximum Gasteiger partial charge on any atom is 0.339 e. The molecule has 7 heteroatoms. The Balaban J connectivity index is 1.75. The topological polar surface area (TPSA) is 80.9 Å². The van der Waals surface area contributed by atoms with Crippen LogP contribution in [0.3, 0.4) is 0 Å². The molecule has 0 aliphatic heterocycles. The maximum atomic E-state index is 12.1. The van der Waals surface area contributed by atoms with Crippen molar-refractivity contribution < 1.29 is 19.4 Å². The monoisotopic (exact) mass is 450 g/mol. The number of esters is 1. The highest BCUT2D eigenvalue weighted by Crippen LogP contribution is 2.38. The average Bonchev–Trinajstić information content (AvgIpc) is 3.28. The van der Waals surface area contributed by atoms with E-state index in [1.54, 1.807) is 29.7 Å². The largest absolute Gasteiger partial charge is 0.478 e. The summed E-state index contributed by atoms with van der Waals surface area (Å²) < 4.78 is 6.84. The van der Waals surface area contributed by atoms with Gasteiger partial charge in [0.25, 0.3) is 0 Å². The van der Waals surface area contributed by atoms with Crippen LogP contribution in [0.2, 0.25) is 0 Å².